The Morgan fingerprint density at radius 1 is 1.00 bits per heavy atom. The van der Waals surface area contributed by atoms with Gasteiger partial charge in [0, 0.05) is 17.7 Å². The van der Waals surface area contributed by atoms with Gasteiger partial charge in [-0.05, 0) is 24.3 Å². The number of anilines is 1. The summed E-state index contributed by atoms with van der Waals surface area (Å²) in [6.07, 6.45) is 1.70. The van der Waals surface area contributed by atoms with Crippen molar-refractivity contribution in [3.05, 3.63) is 42.0 Å². The van der Waals surface area contributed by atoms with E-state index in [1.165, 1.54) is 24.3 Å². The maximum absolute atomic E-state index is 11.8. The molecule has 2 amide bonds. The molecule has 0 saturated carbocycles. The van der Waals surface area contributed by atoms with Gasteiger partial charge in [0.1, 0.15) is 0 Å². The van der Waals surface area contributed by atoms with E-state index < -0.39 is 35.8 Å². The largest absolute Gasteiger partial charge is 0.463 e. The molecule has 22 heavy (non-hydrogen) atoms. The molecule has 0 unspecified atom stereocenters. The summed E-state index contributed by atoms with van der Waals surface area (Å²) in [6, 6.07) is 5.58. The fourth-order valence-electron chi connectivity index (χ4n) is 1.89. The average Bonchev–Trinajstić information content (AvgIpc) is 2.85. The van der Waals surface area contributed by atoms with Crippen LogP contribution in [0.1, 0.15) is 16.8 Å². The number of esters is 1. The molecule has 2 rings (SSSR count). The quantitative estimate of drug-likeness (QED) is 0.257. The molecular weight excluding hydrogens is 290 g/mol. The highest BCUT2D eigenvalue weighted by atomic mass is 16.5. The first-order valence-electron chi connectivity index (χ1n) is 6.24. The van der Waals surface area contributed by atoms with Crippen LogP contribution in [0.2, 0.25) is 0 Å². The zero-order valence-electron chi connectivity index (χ0n) is 11.6. The van der Waals surface area contributed by atoms with Gasteiger partial charge in [0.2, 0.25) is 5.78 Å². The lowest BCUT2D eigenvalue weighted by atomic mass is 10.1. The number of carbonyl (C=O) groups is 5. The van der Waals surface area contributed by atoms with Crippen LogP contribution in [0.3, 0.4) is 0 Å². The highest BCUT2D eigenvalue weighted by Crippen LogP contribution is 2.20. The second kappa shape index (κ2) is 6.13. The molecule has 0 N–H and O–H groups in total. The average molecular weight is 301 g/mol. The number of benzene rings is 1. The van der Waals surface area contributed by atoms with Crippen LogP contribution in [0.4, 0.5) is 5.69 Å². The van der Waals surface area contributed by atoms with Gasteiger partial charge in [0.25, 0.3) is 11.8 Å². The van der Waals surface area contributed by atoms with Crippen molar-refractivity contribution in [3.8, 4) is 0 Å². The number of methoxy groups -OCH3 is 1. The number of carbonyl (C=O) groups excluding carboxylic acids is 5. The van der Waals surface area contributed by atoms with Crippen molar-refractivity contribution in [2.45, 2.75) is 6.42 Å². The van der Waals surface area contributed by atoms with Crippen LogP contribution in [-0.2, 0) is 23.9 Å². The first kappa shape index (κ1) is 15.3. The third-order valence-electron chi connectivity index (χ3n) is 2.99. The molecule has 1 aromatic rings. The number of hydrogen-bond donors (Lipinski definition) is 0. The van der Waals surface area contributed by atoms with E-state index in [2.05, 4.69) is 4.74 Å². The Morgan fingerprint density at radius 3 is 2.05 bits per heavy atom. The minimum atomic E-state index is -1.08. The van der Waals surface area contributed by atoms with Gasteiger partial charge < -0.3 is 4.74 Å². The molecular formula is C15H11NO6. The van der Waals surface area contributed by atoms with Gasteiger partial charge in [-0.3, -0.25) is 19.2 Å². The topological polar surface area (TPSA) is 97.8 Å². The summed E-state index contributed by atoms with van der Waals surface area (Å²) in [4.78, 5) is 58.1. The van der Waals surface area contributed by atoms with Crippen LogP contribution in [0.5, 0.6) is 0 Å². The van der Waals surface area contributed by atoms with Gasteiger partial charge >= 0.3 is 5.97 Å². The molecule has 1 heterocycles. The van der Waals surface area contributed by atoms with E-state index in [9.17, 15) is 24.0 Å². The van der Waals surface area contributed by atoms with Crippen molar-refractivity contribution in [3.63, 3.8) is 0 Å². The van der Waals surface area contributed by atoms with Crippen molar-refractivity contribution in [2.75, 3.05) is 12.0 Å². The highest BCUT2D eigenvalue weighted by molar-refractivity contribution is 6.38. The van der Waals surface area contributed by atoms with Crippen LogP contribution in [0.15, 0.2) is 36.4 Å². The smallest absolute Gasteiger partial charge is 0.374 e. The Kier molecular flexibility index (Phi) is 4.26. The molecule has 7 nitrogen and oxygen atoms in total. The lowest BCUT2D eigenvalue weighted by Gasteiger charge is -2.13. The second-order valence-electron chi connectivity index (χ2n) is 4.41. The summed E-state index contributed by atoms with van der Waals surface area (Å²) in [5.41, 5.74) is 0.504. The van der Waals surface area contributed by atoms with Crippen LogP contribution in [0, 0.1) is 0 Å². The third kappa shape index (κ3) is 2.98. The number of Topliss-reactive ketones (excluding diaryl/α,β-unsaturated/α-hetero) is 2. The summed E-state index contributed by atoms with van der Waals surface area (Å²) in [5.74, 6) is -3.51. The molecule has 7 heteroatoms. The van der Waals surface area contributed by atoms with Gasteiger partial charge in [0.15, 0.2) is 5.78 Å². The number of ether oxygens (including phenoxy) is 1. The van der Waals surface area contributed by atoms with Gasteiger partial charge in [-0.1, -0.05) is 0 Å². The van der Waals surface area contributed by atoms with Crippen molar-refractivity contribution >= 4 is 35.0 Å². The summed E-state index contributed by atoms with van der Waals surface area (Å²) >= 11 is 0. The van der Waals surface area contributed by atoms with E-state index in [1.807, 2.05) is 0 Å². The monoisotopic (exact) mass is 301 g/mol. The molecule has 0 aromatic heterocycles. The van der Waals surface area contributed by atoms with Gasteiger partial charge in [-0.15, -0.1) is 0 Å². The number of nitrogens with zero attached hydrogens (tertiary/aromatic N) is 1. The number of amides is 2. The Morgan fingerprint density at radius 2 is 1.55 bits per heavy atom. The number of imide groups is 1. The number of hydrogen-bond acceptors (Lipinski definition) is 6. The molecule has 1 aromatic carbocycles. The Bertz CT molecular complexity index is 683. The first-order chi connectivity index (χ1) is 10.4. The van der Waals surface area contributed by atoms with Crippen molar-refractivity contribution in [2.24, 2.45) is 0 Å². The summed E-state index contributed by atoms with van der Waals surface area (Å²) < 4.78 is 4.23. The predicted molar refractivity (Wildman–Crippen MR) is 74.0 cm³/mol. The third-order valence-corrected chi connectivity index (χ3v) is 2.99. The van der Waals surface area contributed by atoms with Gasteiger partial charge in [-0.25, -0.2) is 9.69 Å². The zero-order chi connectivity index (χ0) is 16.3. The minimum Gasteiger partial charge on any atom is -0.463 e. The van der Waals surface area contributed by atoms with E-state index in [0.717, 1.165) is 24.2 Å². The van der Waals surface area contributed by atoms with E-state index in [4.69, 9.17) is 0 Å². The molecule has 0 bridgehead atoms. The molecule has 0 spiro atoms. The van der Waals surface area contributed by atoms with Crippen LogP contribution < -0.4 is 4.90 Å². The Labute approximate surface area is 125 Å². The van der Waals surface area contributed by atoms with Crippen LogP contribution in [-0.4, -0.2) is 36.5 Å². The zero-order valence-corrected chi connectivity index (χ0v) is 11.6. The van der Waals surface area contributed by atoms with E-state index in [1.54, 1.807) is 0 Å². The second-order valence-corrected chi connectivity index (χ2v) is 4.41. The van der Waals surface area contributed by atoms with Gasteiger partial charge in [0.05, 0.1) is 19.2 Å². The van der Waals surface area contributed by atoms with Crippen molar-refractivity contribution in [1.82, 2.24) is 0 Å². The highest BCUT2D eigenvalue weighted by Gasteiger charge is 2.25. The summed E-state index contributed by atoms with van der Waals surface area (Å²) in [5, 5.41) is 0. The maximum atomic E-state index is 11.8. The molecule has 1 aliphatic rings. The lowest BCUT2D eigenvalue weighted by molar-refractivity contribution is -0.151. The van der Waals surface area contributed by atoms with Crippen LogP contribution in [0.25, 0.3) is 0 Å². The van der Waals surface area contributed by atoms with Crippen molar-refractivity contribution in [1.29, 1.82) is 0 Å². The molecule has 0 saturated heterocycles. The molecule has 0 fully saturated rings. The van der Waals surface area contributed by atoms with Gasteiger partial charge in [-0.2, -0.15) is 0 Å². The van der Waals surface area contributed by atoms with Crippen molar-refractivity contribution < 1.29 is 28.7 Å². The summed E-state index contributed by atoms with van der Waals surface area (Å²) in [7, 11) is 1.05. The molecule has 112 valence electrons. The minimum absolute atomic E-state index is 0.188. The van der Waals surface area contributed by atoms with E-state index >= 15 is 0 Å². The molecule has 1 aliphatic heterocycles. The number of rotatable bonds is 5. The SMILES string of the molecule is COC(=O)C(=O)CC(=O)c1ccc(N2C(=O)C=CC2=O)cc1. The fourth-order valence-corrected chi connectivity index (χ4v) is 1.89. The maximum Gasteiger partial charge on any atom is 0.374 e. The lowest BCUT2D eigenvalue weighted by Crippen LogP contribution is -2.29. The standard InChI is InChI=1S/C15H11NO6/c1-22-15(21)12(18)8-11(17)9-2-4-10(5-3-9)16-13(19)6-7-14(16)20/h2-7H,8H2,1H3. The fraction of sp³-hybridized carbons (Fsp3) is 0.133. The molecule has 0 radical (unpaired) electrons. The Hall–Kier alpha value is -3.09. The van der Waals surface area contributed by atoms with E-state index in [-0.39, 0.29) is 5.56 Å². The Balaban J connectivity index is 2.11. The molecule has 0 aliphatic carbocycles. The van der Waals surface area contributed by atoms with E-state index in [0.29, 0.717) is 5.69 Å². The predicted octanol–water partition coefficient (Wildman–Crippen LogP) is 0.431. The normalized spacial score (nSPS) is 13.4. The first-order valence-corrected chi connectivity index (χ1v) is 6.24. The number of ketones is 2. The van der Waals surface area contributed by atoms with Crippen LogP contribution >= 0.6 is 0 Å². The molecule has 0 atom stereocenters. The summed E-state index contributed by atoms with van der Waals surface area (Å²) in [6.45, 7) is 0.